The van der Waals surface area contributed by atoms with E-state index >= 15 is 0 Å². The molecule has 4 nitrogen and oxygen atoms in total. The quantitative estimate of drug-likeness (QED) is 0.478. The molecule has 3 aromatic carbocycles. The first-order valence-electron chi connectivity index (χ1n) is 8.77. The van der Waals surface area contributed by atoms with Crippen LogP contribution in [-0.2, 0) is 0 Å². The Morgan fingerprint density at radius 1 is 0.821 bits per heavy atom. The van der Waals surface area contributed by atoms with E-state index in [0.29, 0.717) is 27.8 Å². The Labute approximate surface area is 160 Å². The van der Waals surface area contributed by atoms with E-state index < -0.39 is 5.82 Å². The zero-order chi connectivity index (χ0) is 19.5. The van der Waals surface area contributed by atoms with Crippen molar-refractivity contribution in [2.45, 2.75) is 0 Å². The highest BCUT2D eigenvalue weighted by Gasteiger charge is 2.22. The van der Waals surface area contributed by atoms with Crippen molar-refractivity contribution in [2.75, 3.05) is 11.9 Å². The van der Waals surface area contributed by atoms with Gasteiger partial charge in [-0.3, -0.25) is 9.59 Å². The number of rotatable bonds is 6. The molecule has 4 rings (SSSR count). The number of hydrogen-bond acceptors (Lipinski definition) is 4. The van der Waals surface area contributed by atoms with Crippen molar-refractivity contribution in [2.24, 2.45) is 0 Å². The molecular weight excluding hydrogens is 357 g/mol. The van der Waals surface area contributed by atoms with Crippen LogP contribution >= 0.6 is 0 Å². The van der Waals surface area contributed by atoms with Crippen molar-refractivity contribution < 1.29 is 18.4 Å². The van der Waals surface area contributed by atoms with Crippen molar-refractivity contribution in [1.29, 1.82) is 0 Å². The summed E-state index contributed by atoms with van der Waals surface area (Å²) < 4.78 is 18.9. The summed E-state index contributed by atoms with van der Waals surface area (Å²) in [5.41, 5.74) is 1.91. The molecule has 0 aliphatic heterocycles. The highest BCUT2D eigenvalue weighted by atomic mass is 19.1. The van der Waals surface area contributed by atoms with Crippen LogP contribution in [0.4, 0.5) is 10.1 Å². The number of hydrogen-bond donors (Lipinski definition) is 1. The number of anilines is 1. The van der Waals surface area contributed by atoms with Crippen molar-refractivity contribution in [3.05, 3.63) is 102 Å². The van der Waals surface area contributed by atoms with Gasteiger partial charge < -0.3 is 9.73 Å². The van der Waals surface area contributed by atoms with Crippen LogP contribution in [0.2, 0.25) is 0 Å². The number of carbonyl (C=O) groups excluding carboxylic acids is 2. The Morgan fingerprint density at radius 3 is 2.25 bits per heavy atom. The number of fused-ring (bicyclic) bond motifs is 1. The first-order valence-corrected chi connectivity index (χ1v) is 8.77. The number of carbonyl (C=O) groups is 2. The van der Waals surface area contributed by atoms with Gasteiger partial charge in [-0.15, -0.1) is 0 Å². The summed E-state index contributed by atoms with van der Waals surface area (Å²) >= 11 is 0. The Hall–Kier alpha value is -3.73. The molecule has 0 aliphatic rings. The zero-order valence-corrected chi connectivity index (χ0v) is 14.8. The van der Waals surface area contributed by atoms with Crippen LogP contribution in [0.5, 0.6) is 0 Å². The second-order valence-corrected chi connectivity index (χ2v) is 6.28. The molecule has 0 radical (unpaired) electrons. The van der Waals surface area contributed by atoms with Gasteiger partial charge in [0.05, 0.1) is 12.2 Å². The fourth-order valence-corrected chi connectivity index (χ4v) is 3.01. The Bertz CT molecular complexity index is 1150. The predicted octanol–water partition coefficient (Wildman–Crippen LogP) is 5.10. The average Bonchev–Trinajstić information content (AvgIpc) is 3.11. The highest BCUT2D eigenvalue weighted by molar-refractivity contribution is 6.15. The third-order valence-electron chi connectivity index (χ3n) is 4.43. The lowest BCUT2D eigenvalue weighted by atomic mass is 10.1. The van der Waals surface area contributed by atoms with Gasteiger partial charge in [0, 0.05) is 16.5 Å². The molecule has 5 heteroatoms. The molecule has 4 aromatic rings. The predicted molar refractivity (Wildman–Crippen MR) is 105 cm³/mol. The van der Waals surface area contributed by atoms with E-state index in [4.69, 9.17) is 4.42 Å². The number of para-hydroxylation sites is 1. The van der Waals surface area contributed by atoms with Crippen molar-refractivity contribution in [1.82, 2.24) is 0 Å². The van der Waals surface area contributed by atoms with Crippen LogP contribution in [0.25, 0.3) is 11.0 Å². The van der Waals surface area contributed by atoms with Crippen molar-refractivity contribution in [3.63, 3.8) is 0 Å². The van der Waals surface area contributed by atoms with E-state index in [9.17, 15) is 14.0 Å². The minimum atomic E-state index is -0.402. The molecule has 0 bridgehead atoms. The van der Waals surface area contributed by atoms with Crippen LogP contribution in [0, 0.1) is 5.82 Å². The first kappa shape index (κ1) is 17.7. The van der Waals surface area contributed by atoms with Gasteiger partial charge in [0.1, 0.15) is 11.4 Å². The van der Waals surface area contributed by atoms with Gasteiger partial charge in [-0.1, -0.05) is 42.5 Å². The van der Waals surface area contributed by atoms with E-state index in [1.165, 1.54) is 24.3 Å². The zero-order valence-electron chi connectivity index (χ0n) is 14.8. The Balaban J connectivity index is 1.66. The van der Waals surface area contributed by atoms with E-state index in [2.05, 4.69) is 5.32 Å². The molecule has 138 valence electrons. The van der Waals surface area contributed by atoms with E-state index in [1.807, 2.05) is 24.3 Å². The Kier molecular flexibility index (Phi) is 4.72. The van der Waals surface area contributed by atoms with Crippen LogP contribution in [0.15, 0.2) is 83.3 Å². The number of ketones is 2. The fourth-order valence-electron chi connectivity index (χ4n) is 3.01. The molecule has 0 spiro atoms. The molecule has 1 N–H and O–H groups in total. The highest BCUT2D eigenvalue weighted by Crippen LogP contribution is 2.32. The van der Waals surface area contributed by atoms with Crippen LogP contribution in [-0.4, -0.2) is 18.1 Å². The molecule has 0 unspecified atom stereocenters. The largest absolute Gasteiger partial charge is 0.450 e. The van der Waals surface area contributed by atoms with Gasteiger partial charge >= 0.3 is 0 Å². The van der Waals surface area contributed by atoms with Crippen LogP contribution in [0.3, 0.4) is 0 Å². The molecule has 1 aromatic heterocycles. The minimum Gasteiger partial charge on any atom is -0.450 e. The summed E-state index contributed by atoms with van der Waals surface area (Å²) in [6.45, 7) is -0.0514. The number of nitrogens with one attached hydrogen (secondary N) is 1. The molecule has 0 aliphatic carbocycles. The van der Waals surface area contributed by atoms with E-state index in [-0.39, 0.29) is 23.9 Å². The summed E-state index contributed by atoms with van der Waals surface area (Å²) in [6.07, 6.45) is 0. The lowest BCUT2D eigenvalue weighted by Gasteiger charge is -2.07. The van der Waals surface area contributed by atoms with E-state index in [0.717, 1.165) is 0 Å². The van der Waals surface area contributed by atoms with E-state index in [1.54, 1.807) is 30.3 Å². The SMILES string of the molecule is O=C(CNc1c(C(=O)c2ccccc2)oc2ccccc12)c1ccc(F)cc1. The van der Waals surface area contributed by atoms with Gasteiger partial charge in [0.25, 0.3) is 0 Å². The number of benzene rings is 3. The summed E-state index contributed by atoms with van der Waals surface area (Å²) in [6, 6.07) is 21.4. The molecule has 1 heterocycles. The van der Waals surface area contributed by atoms with Gasteiger partial charge in [-0.2, -0.15) is 0 Å². The molecule has 0 atom stereocenters. The average molecular weight is 373 g/mol. The monoisotopic (exact) mass is 373 g/mol. The second-order valence-electron chi connectivity index (χ2n) is 6.28. The standard InChI is InChI=1S/C23H16FNO3/c24-17-12-10-15(11-13-17)19(26)14-25-21-18-8-4-5-9-20(18)28-23(21)22(27)16-6-2-1-3-7-16/h1-13,25H,14H2. The van der Waals surface area contributed by atoms with Gasteiger partial charge in [-0.05, 0) is 36.4 Å². The van der Waals surface area contributed by atoms with Crippen molar-refractivity contribution >= 4 is 28.2 Å². The van der Waals surface area contributed by atoms with Gasteiger partial charge in [0.2, 0.25) is 5.78 Å². The summed E-state index contributed by atoms with van der Waals surface area (Å²) in [7, 11) is 0. The van der Waals surface area contributed by atoms with Crippen molar-refractivity contribution in [3.8, 4) is 0 Å². The lowest BCUT2D eigenvalue weighted by Crippen LogP contribution is -2.15. The topological polar surface area (TPSA) is 59.3 Å². The summed E-state index contributed by atoms with van der Waals surface area (Å²) in [4.78, 5) is 25.4. The maximum absolute atomic E-state index is 13.1. The molecule has 28 heavy (non-hydrogen) atoms. The minimum absolute atomic E-state index is 0.0514. The molecule has 0 amide bonds. The fraction of sp³-hybridized carbons (Fsp3) is 0.0435. The molecule has 0 saturated carbocycles. The smallest absolute Gasteiger partial charge is 0.230 e. The number of furan rings is 1. The van der Waals surface area contributed by atoms with Crippen LogP contribution in [0.1, 0.15) is 26.5 Å². The molecule has 0 fully saturated rings. The summed E-state index contributed by atoms with van der Waals surface area (Å²) in [5.74, 6) is -0.739. The lowest BCUT2D eigenvalue weighted by molar-refractivity contribution is 0.0997. The number of Topliss-reactive ketones (excluding diaryl/α,β-unsaturated/α-hetero) is 1. The normalized spacial score (nSPS) is 10.8. The Morgan fingerprint density at radius 2 is 1.50 bits per heavy atom. The van der Waals surface area contributed by atoms with Gasteiger partial charge in [0.15, 0.2) is 11.5 Å². The van der Waals surface area contributed by atoms with Gasteiger partial charge in [-0.25, -0.2) is 4.39 Å². The molecule has 0 saturated heterocycles. The second kappa shape index (κ2) is 7.48. The number of halogens is 1. The first-order chi connectivity index (χ1) is 13.6. The third-order valence-corrected chi connectivity index (χ3v) is 4.43. The maximum atomic E-state index is 13.1. The molecular formula is C23H16FNO3. The third kappa shape index (κ3) is 3.42. The maximum Gasteiger partial charge on any atom is 0.230 e. The summed E-state index contributed by atoms with van der Waals surface area (Å²) in [5, 5.41) is 3.76. The van der Waals surface area contributed by atoms with Crippen LogP contribution < -0.4 is 5.32 Å².